The molecule has 1 aliphatic rings. The molecule has 2 N–H and O–H groups in total. The van der Waals surface area contributed by atoms with Gasteiger partial charge in [0, 0.05) is 31.4 Å². The van der Waals surface area contributed by atoms with Gasteiger partial charge in [-0.25, -0.2) is 19.7 Å². The summed E-state index contributed by atoms with van der Waals surface area (Å²) >= 11 is 12.9. The Balaban J connectivity index is 1.59. The Morgan fingerprint density at radius 1 is 1.22 bits per heavy atom. The van der Waals surface area contributed by atoms with Gasteiger partial charge >= 0.3 is 5.97 Å². The van der Waals surface area contributed by atoms with Crippen molar-refractivity contribution >= 4 is 51.6 Å². The lowest BCUT2D eigenvalue weighted by Crippen LogP contribution is -2.34. The predicted molar refractivity (Wildman–Crippen MR) is 142 cm³/mol. The SMILES string of the molecule is CNc1cnc(-n2cc(C(=O)O)c(=O)c3cc(Cl)c(N4CCC[C@@H]4COc4ncccc4Cl)cc32)cn1. The minimum absolute atomic E-state index is 0.0128. The fraction of sp³-hybridized carbons (Fsp3) is 0.240. The summed E-state index contributed by atoms with van der Waals surface area (Å²) in [5, 5.41) is 13.5. The van der Waals surface area contributed by atoms with Gasteiger partial charge in [-0.3, -0.25) is 9.36 Å². The number of ether oxygens (including phenoxy) is 1. The fourth-order valence-corrected chi connectivity index (χ4v) is 4.90. The van der Waals surface area contributed by atoms with E-state index in [4.69, 9.17) is 27.9 Å². The number of anilines is 2. The normalized spacial score (nSPS) is 15.2. The number of carbonyl (C=O) groups is 1. The first-order chi connectivity index (χ1) is 17.9. The number of hydrogen-bond acceptors (Lipinski definition) is 8. The fourth-order valence-electron chi connectivity index (χ4n) is 4.45. The van der Waals surface area contributed by atoms with E-state index in [0.29, 0.717) is 45.4 Å². The third-order valence-electron chi connectivity index (χ3n) is 6.27. The maximum Gasteiger partial charge on any atom is 0.341 e. The highest BCUT2D eigenvalue weighted by Crippen LogP contribution is 2.36. The van der Waals surface area contributed by atoms with Gasteiger partial charge in [-0.15, -0.1) is 0 Å². The Bertz CT molecular complexity index is 1540. The van der Waals surface area contributed by atoms with Crippen LogP contribution in [0.5, 0.6) is 5.88 Å². The number of carboxylic acids is 1. The average Bonchev–Trinajstić information content (AvgIpc) is 3.36. The smallest absolute Gasteiger partial charge is 0.341 e. The van der Waals surface area contributed by atoms with Gasteiger partial charge in [-0.05, 0) is 37.1 Å². The van der Waals surface area contributed by atoms with Gasteiger partial charge in [-0.2, -0.15) is 0 Å². The van der Waals surface area contributed by atoms with Crippen LogP contribution in [0.2, 0.25) is 10.0 Å². The van der Waals surface area contributed by atoms with Gasteiger partial charge in [0.15, 0.2) is 5.82 Å². The molecule has 37 heavy (non-hydrogen) atoms. The molecule has 1 atom stereocenters. The molecule has 12 heteroatoms. The average molecular weight is 541 g/mol. The number of aromatic nitrogens is 4. The number of nitrogens with one attached hydrogen (secondary N) is 1. The maximum absolute atomic E-state index is 13.0. The highest BCUT2D eigenvalue weighted by Gasteiger charge is 2.28. The van der Waals surface area contributed by atoms with Crippen LogP contribution in [0.1, 0.15) is 23.2 Å². The molecule has 0 spiro atoms. The molecule has 0 bridgehead atoms. The van der Waals surface area contributed by atoms with Crippen LogP contribution < -0.4 is 20.4 Å². The van der Waals surface area contributed by atoms with E-state index in [0.717, 1.165) is 19.4 Å². The predicted octanol–water partition coefficient (Wildman–Crippen LogP) is 4.27. The Labute approximate surface area is 221 Å². The zero-order valence-corrected chi connectivity index (χ0v) is 21.2. The Morgan fingerprint density at radius 2 is 2.05 bits per heavy atom. The molecule has 4 heterocycles. The number of pyridine rings is 2. The van der Waals surface area contributed by atoms with E-state index in [2.05, 4.69) is 25.2 Å². The molecule has 5 rings (SSSR count). The summed E-state index contributed by atoms with van der Waals surface area (Å²) in [4.78, 5) is 39.9. The summed E-state index contributed by atoms with van der Waals surface area (Å²) in [5.41, 5.74) is 0.136. The second kappa shape index (κ2) is 10.2. The van der Waals surface area contributed by atoms with Crippen molar-refractivity contribution in [2.24, 2.45) is 0 Å². The van der Waals surface area contributed by atoms with Gasteiger partial charge in [0.05, 0.1) is 34.7 Å². The molecular weight excluding hydrogens is 519 g/mol. The van der Waals surface area contributed by atoms with E-state index in [-0.39, 0.29) is 11.4 Å². The number of halogens is 2. The van der Waals surface area contributed by atoms with Crippen molar-refractivity contribution in [1.29, 1.82) is 0 Å². The van der Waals surface area contributed by atoms with Crippen molar-refractivity contribution in [2.75, 3.05) is 30.4 Å². The standard InChI is InChI=1S/C25H22Cl2N6O4/c1-28-21-10-31-22(11-30-21)33-12-16(25(35)36)23(34)15-8-18(27)20(9-19(15)33)32-7-3-4-14(32)13-37-24-17(26)5-2-6-29-24/h2,5-6,8-12,14H,3-4,7,13H2,1H3,(H,28,30)(H,35,36)/t14-/m1/s1. The number of aromatic carboxylic acids is 1. The van der Waals surface area contributed by atoms with Crippen LogP contribution in [0, 0.1) is 0 Å². The molecule has 1 aliphatic heterocycles. The van der Waals surface area contributed by atoms with Crippen LogP contribution >= 0.6 is 23.2 Å². The van der Waals surface area contributed by atoms with Crippen molar-refractivity contribution in [2.45, 2.75) is 18.9 Å². The number of nitrogens with zero attached hydrogens (tertiary/aromatic N) is 5. The third kappa shape index (κ3) is 4.77. The molecule has 1 aromatic carbocycles. The largest absolute Gasteiger partial charge is 0.477 e. The van der Waals surface area contributed by atoms with Gasteiger partial charge in [0.2, 0.25) is 11.3 Å². The topological polar surface area (TPSA) is 122 Å². The highest BCUT2D eigenvalue weighted by atomic mass is 35.5. The van der Waals surface area contributed by atoms with Gasteiger partial charge < -0.3 is 20.1 Å². The van der Waals surface area contributed by atoms with Crippen molar-refractivity contribution in [3.63, 3.8) is 0 Å². The van der Waals surface area contributed by atoms with Crippen LogP contribution in [0.4, 0.5) is 11.5 Å². The monoisotopic (exact) mass is 540 g/mol. The highest BCUT2D eigenvalue weighted by molar-refractivity contribution is 6.34. The van der Waals surface area contributed by atoms with Gasteiger partial charge in [0.1, 0.15) is 23.0 Å². The van der Waals surface area contributed by atoms with E-state index < -0.39 is 17.0 Å². The molecule has 0 amide bonds. The molecular formula is C25H22Cl2N6O4. The number of benzene rings is 1. The molecule has 0 saturated carbocycles. The summed E-state index contributed by atoms with van der Waals surface area (Å²) in [7, 11) is 1.72. The summed E-state index contributed by atoms with van der Waals surface area (Å²) < 4.78 is 7.45. The second-order valence-electron chi connectivity index (χ2n) is 8.47. The Hall–Kier alpha value is -3.89. The maximum atomic E-state index is 13.0. The first-order valence-corrected chi connectivity index (χ1v) is 12.2. The summed E-state index contributed by atoms with van der Waals surface area (Å²) in [6.07, 6.45) is 7.68. The number of rotatable bonds is 7. The quantitative estimate of drug-likeness (QED) is 0.353. The molecule has 1 fully saturated rings. The van der Waals surface area contributed by atoms with E-state index in [1.165, 1.54) is 24.7 Å². The minimum Gasteiger partial charge on any atom is -0.477 e. The molecule has 3 aromatic heterocycles. The number of carboxylic acid groups (broad SMARTS) is 1. The molecule has 4 aromatic rings. The molecule has 10 nitrogen and oxygen atoms in total. The van der Waals surface area contributed by atoms with E-state index in [1.807, 2.05) is 0 Å². The van der Waals surface area contributed by atoms with E-state index >= 15 is 0 Å². The van der Waals surface area contributed by atoms with Gasteiger partial charge in [0.25, 0.3) is 0 Å². The zero-order chi connectivity index (χ0) is 26.1. The molecule has 0 radical (unpaired) electrons. The molecule has 1 saturated heterocycles. The van der Waals surface area contributed by atoms with Crippen molar-refractivity contribution in [1.82, 2.24) is 19.5 Å². The second-order valence-corrected chi connectivity index (χ2v) is 9.28. The van der Waals surface area contributed by atoms with Crippen LogP contribution in [0.25, 0.3) is 16.7 Å². The Kier molecular flexibility index (Phi) is 6.86. The summed E-state index contributed by atoms with van der Waals surface area (Å²) in [5.74, 6) is -0.0834. The molecule has 0 aliphatic carbocycles. The first kappa shape index (κ1) is 24.8. The lowest BCUT2D eigenvalue weighted by Gasteiger charge is -2.28. The zero-order valence-electron chi connectivity index (χ0n) is 19.7. The first-order valence-electron chi connectivity index (χ1n) is 11.5. The Morgan fingerprint density at radius 3 is 2.76 bits per heavy atom. The van der Waals surface area contributed by atoms with Crippen molar-refractivity contribution in [3.05, 3.63) is 74.9 Å². The number of hydrogen-bond donors (Lipinski definition) is 2. The van der Waals surface area contributed by atoms with Crippen LogP contribution in [0.15, 0.2) is 53.8 Å². The molecule has 0 unspecified atom stereocenters. The molecule has 190 valence electrons. The van der Waals surface area contributed by atoms with Crippen LogP contribution in [-0.2, 0) is 0 Å². The lowest BCUT2D eigenvalue weighted by molar-refractivity contribution is 0.0695. The van der Waals surface area contributed by atoms with Crippen LogP contribution in [0.3, 0.4) is 0 Å². The van der Waals surface area contributed by atoms with E-state index in [9.17, 15) is 14.7 Å². The third-order valence-corrected chi connectivity index (χ3v) is 6.86. The van der Waals surface area contributed by atoms with Gasteiger partial charge in [-0.1, -0.05) is 23.2 Å². The number of fused-ring (bicyclic) bond motifs is 1. The summed E-state index contributed by atoms with van der Waals surface area (Å²) in [6.45, 7) is 1.07. The lowest BCUT2D eigenvalue weighted by atomic mass is 10.1. The van der Waals surface area contributed by atoms with Crippen molar-refractivity contribution < 1.29 is 14.6 Å². The van der Waals surface area contributed by atoms with Crippen LogP contribution in [-0.4, -0.2) is 56.8 Å². The van der Waals surface area contributed by atoms with E-state index in [1.54, 1.807) is 36.0 Å². The van der Waals surface area contributed by atoms with Crippen molar-refractivity contribution in [3.8, 4) is 11.7 Å². The summed E-state index contributed by atoms with van der Waals surface area (Å²) in [6, 6.07) is 6.73. The minimum atomic E-state index is -1.34.